The highest BCUT2D eigenvalue weighted by molar-refractivity contribution is 6.06. The zero-order valence-electron chi connectivity index (χ0n) is 13.8. The van der Waals surface area contributed by atoms with Gasteiger partial charge in [-0.2, -0.15) is 0 Å². The summed E-state index contributed by atoms with van der Waals surface area (Å²) in [7, 11) is 0. The molecule has 4 nitrogen and oxygen atoms in total. The Labute approximate surface area is 142 Å². The van der Waals surface area contributed by atoms with Crippen LogP contribution in [0.5, 0.6) is 0 Å². The molecule has 0 amide bonds. The Morgan fingerprint density at radius 2 is 1.58 bits per heavy atom. The Morgan fingerprint density at radius 1 is 1.04 bits per heavy atom. The predicted molar refractivity (Wildman–Crippen MR) is 94.2 cm³/mol. The van der Waals surface area contributed by atoms with E-state index in [-0.39, 0.29) is 17.7 Å². The van der Waals surface area contributed by atoms with Crippen molar-refractivity contribution in [2.24, 2.45) is 0 Å². The molecule has 0 saturated carbocycles. The third kappa shape index (κ3) is 6.18. The zero-order valence-corrected chi connectivity index (χ0v) is 13.8. The second kappa shape index (κ2) is 10.9. The summed E-state index contributed by atoms with van der Waals surface area (Å²) in [6.45, 7) is 4.86. The fourth-order valence-electron chi connectivity index (χ4n) is 1.97. The Hall–Kier alpha value is -2.72. The summed E-state index contributed by atoms with van der Waals surface area (Å²) in [5.74, 6) is -1.05. The van der Waals surface area contributed by atoms with Crippen LogP contribution in [-0.4, -0.2) is 30.1 Å². The second-order valence-corrected chi connectivity index (χ2v) is 4.91. The highest BCUT2D eigenvalue weighted by Gasteiger charge is 2.16. The molecule has 0 heterocycles. The first-order valence-corrected chi connectivity index (χ1v) is 7.65. The van der Waals surface area contributed by atoms with Crippen molar-refractivity contribution >= 4 is 11.8 Å². The largest absolute Gasteiger partial charge is 0.462 e. The predicted octanol–water partition coefficient (Wildman–Crippen LogP) is 3.45. The molecular weight excluding hydrogens is 304 g/mol. The van der Waals surface area contributed by atoms with E-state index in [1.807, 2.05) is 37.3 Å². The van der Waals surface area contributed by atoms with Crippen molar-refractivity contribution in [2.45, 2.75) is 13.3 Å². The van der Waals surface area contributed by atoms with E-state index in [1.165, 1.54) is 12.1 Å². The maximum absolute atomic E-state index is 12.0. The number of aliphatic hydroxyl groups excluding tert-OH is 1. The molecule has 2 aromatic carbocycles. The van der Waals surface area contributed by atoms with Crippen LogP contribution in [0.15, 0.2) is 67.3 Å². The van der Waals surface area contributed by atoms with Gasteiger partial charge in [0.05, 0.1) is 12.2 Å². The highest BCUT2D eigenvalue weighted by Crippen LogP contribution is 2.11. The van der Waals surface area contributed by atoms with Crippen molar-refractivity contribution < 1.29 is 19.4 Å². The van der Waals surface area contributed by atoms with Gasteiger partial charge in [-0.25, -0.2) is 4.79 Å². The molecule has 4 heteroatoms. The standard InChI is InChI=1S/C17H16O4.C3H6/c18-12-16(19)14-8-4-5-9-15(14)17(20)21-11-10-13-6-2-1-3-7-13;1-3-2/h1-9,18H,10-12H2;3H,1H2,2H3. The van der Waals surface area contributed by atoms with Gasteiger partial charge in [-0.1, -0.05) is 54.6 Å². The van der Waals surface area contributed by atoms with Crippen LogP contribution in [0, 0.1) is 0 Å². The second-order valence-electron chi connectivity index (χ2n) is 4.91. The lowest BCUT2D eigenvalue weighted by Gasteiger charge is -2.08. The Balaban J connectivity index is 0.000000891. The van der Waals surface area contributed by atoms with Crippen LogP contribution in [0.3, 0.4) is 0 Å². The molecule has 2 rings (SSSR count). The number of hydrogen-bond donors (Lipinski definition) is 1. The molecule has 24 heavy (non-hydrogen) atoms. The number of hydrogen-bond acceptors (Lipinski definition) is 4. The normalized spacial score (nSPS) is 9.42. The van der Waals surface area contributed by atoms with Gasteiger partial charge in [-0.05, 0) is 18.6 Å². The van der Waals surface area contributed by atoms with E-state index in [4.69, 9.17) is 9.84 Å². The average Bonchev–Trinajstić information content (AvgIpc) is 2.62. The molecule has 0 fully saturated rings. The van der Waals surface area contributed by atoms with Gasteiger partial charge < -0.3 is 9.84 Å². The van der Waals surface area contributed by atoms with E-state index >= 15 is 0 Å². The Bertz CT molecular complexity index is 662. The summed E-state index contributed by atoms with van der Waals surface area (Å²) in [6, 6.07) is 16.0. The van der Waals surface area contributed by atoms with Crippen LogP contribution in [0.2, 0.25) is 0 Å². The molecule has 0 saturated heterocycles. The van der Waals surface area contributed by atoms with Crippen LogP contribution in [0.1, 0.15) is 33.2 Å². The molecule has 0 aliphatic heterocycles. The van der Waals surface area contributed by atoms with Crippen molar-refractivity contribution in [3.63, 3.8) is 0 Å². The molecule has 0 radical (unpaired) electrons. The first kappa shape index (κ1) is 19.3. The minimum Gasteiger partial charge on any atom is -0.462 e. The number of esters is 1. The molecule has 126 valence electrons. The van der Waals surface area contributed by atoms with Gasteiger partial charge in [0.1, 0.15) is 6.61 Å². The zero-order chi connectivity index (χ0) is 17.8. The fraction of sp³-hybridized carbons (Fsp3) is 0.200. The Morgan fingerprint density at radius 3 is 2.17 bits per heavy atom. The minimum absolute atomic E-state index is 0.185. The number of benzene rings is 2. The van der Waals surface area contributed by atoms with Crippen molar-refractivity contribution in [3.05, 3.63) is 83.9 Å². The quantitative estimate of drug-likeness (QED) is 0.502. The molecule has 0 aliphatic carbocycles. The molecule has 0 spiro atoms. The maximum atomic E-state index is 12.0. The van der Waals surface area contributed by atoms with Crippen LogP contribution >= 0.6 is 0 Å². The van der Waals surface area contributed by atoms with E-state index in [0.29, 0.717) is 6.42 Å². The van der Waals surface area contributed by atoms with Gasteiger partial charge >= 0.3 is 5.97 Å². The number of ether oxygens (including phenoxy) is 1. The molecule has 0 unspecified atom stereocenters. The van der Waals surface area contributed by atoms with Crippen molar-refractivity contribution in [2.75, 3.05) is 13.2 Å². The van der Waals surface area contributed by atoms with Gasteiger partial charge in [0.2, 0.25) is 0 Å². The third-order valence-electron chi connectivity index (χ3n) is 3.06. The SMILES string of the molecule is C=CC.O=C(CO)c1ccccc1C(=O)OCCc1ccccc1. The lowest BCUT2D eigenvalue weighted by Crippen LogP contribution is -2.15. The van der Waals surface area contributed by atoms with Crippen molar-refractivity contribution in [3.8, 4) is 0 Å². The van der Waals surface area contributed by atoms with E-state index in [2.05, 4.69) is 6.58 Å². The average molecular weight is 326 g/mol. The fourth-order valence-corrected chi connectivity index (χ4v) is 1.97. The summed E-state index contributed by atoms with van der Waals surface area (Å²) in [6.07, 6.45) is 2.36. The minimum atomic E-state index is -0.631. The summed E-state index contributed by atoms with van der Waals surface area (Å²) in [4.78, 5) is 23.6. The lowest BCUT2D eigenvalue weighted by molar-refractivity contribution is 0.0505. The van der Waals surface area contributed by atoms with E-state index < -0.39 is 18.4 Å². The monoisotopic (exact) mass is 326 g/mol. The third-order valence-corrected chi connectivity index (χ3v) is 3.06. The van der Waals surface area contributed by atoms with E-state index in [0.717, 1.165) is 5.56 Å². The Kier molecular flexibility index (Phi) is 8.79. The molecular formula is C20H22O4. The van der Waals surface area contributed by atoms with E-state index in [9.17, 15) is 9.59 Å². The van der Waals surface area contributed by atoms with Gasteiger partial charge in [0, 0.05) is 12.0 Å². The van der Waals surface area contributed by atoms with Crippen molar-refractivity contribution in [1.82, 2.24) is 0 Å². The van der Waals surface area contributed by atoms with Crippen LogP contribution in [0.4, 0.5) is 0 Å². The number of ketones is 1. The van der Waals surface area contributed by atoms with Gasteiger partial charge in [-0.15, -0.1) is 6.58 Å². The number of carbonyl (C=O) groups is 2. The summed E-state index contributed by atoms with van der Waals surface area (Å²) in [5, 5.41) is 8.92. The molecule has 0 aliphatic rings. The number of rotatable bonds is 6. The molecule has 0 aromatic heterocycles. The smallest absolute Gasteiger partial charge is 0.338 e. The summed E-state index contributed by atoms with van der Waals surface area (Å²) >= 11 is 0. The van der Waals surface area contributed by atoms with Crippen LogP contribution in [-0.2, 0) is 11.2 Å². The first-order valence-electron chi connectivity index (χ1n) is 7.65. The van der Waals surface area contributed by atoms with Gasteiger partial charge in [-0.3, -0.25) is 4.79 Å². The van der Waals surface area contributed by atoms with E-state index in [1.54, 1.807) is 18.2 Å². The summed E-state index contributed by atoms with van der Waals surface area (Å²) in [5.41, 5.74) is 1.44. The molecule has 2 aromatic rings. The lowest BCUT2D eigenvalue weighted by atomic mass is 10.0. The number of allylic oxidation sites excluding steroid dienone is 1. The van der Waals surface area contributed by atoms with Crippen LogP contribution in [0.25, 0.3) is 0 Å². The highest BCUT2D eigenvalue weighted by atomic mass is 16.5. The maximum Gasteiger partial charge on any atom is 0.338 e. The first-order chi connectivity index (χ1) is 11.6. The number of aliphatic hydroxyl groups is 1. The van der Waals surface area contributed by atoms with Crippen molar-refractivity contribution in [1.29, 1.82) is 0 Å². The summed E-state index contributed by atoms with van der Waals surface area (Å²) < 4.78 is 5.19. The molecule has 0 atom stereocenters. The topological polar surface area (TPSA) is 63.6 Å². The van der Waals surface area contributed by atoms with Gasteiger partial charge in [0.15, 0.2) is 5.78 Å². The van der Waals surface area contributed by atoms with Gasteiger partial charge in [0.25, 0.3) is 0 Å². The number of Topliss-reactive ketones (excluding diaryl/α,β-unsaturated/α-hetero) is 1. The number of carbonyl (C=O) groups excluding carboxylic acids is 2. The van der Waals surface area contributed by atoms with Crippen LogP contribution < -0.4 is 0 Å². The molecule has 0 bridgehead atoms. The molecule has 1 N–H and O–H groups in total.